The average molecular weight is 471 g/mol. The van der Waals surface area contributed by atoms with E-state index in [1.54, 1.807) is 53.4 Å². The zero-order valence-corrected chi connectivity index (χ0v) is 18.5. The van der Waals surface area contributed by atoms with Crippen LogP contribution >= 0.6 is 11.6 Å². The Morgan fingerprint density at radius 1 is 1.00 bits per heavy atom. The van der Waals surface area contributed by atoms with Crippen molar-refractivity contribution in [2.24, 2.45) is 0 Å². The highest BCUT2D eigenvalue weighted by atomic mass is 35.5. The summed E-state index contributed by atoms with van der Waals surface area (Å²) in [6, 6.07) is 13.3. The molecule has 33 heavy (non-hydrogen) atoms. The molecule has 1 unspecified atom stereocenters. The number of halogens is 1. The molecule has 2 N–H and O–H groups in total. The van der Waals surface area contributed by atoms with Gasteiger partial charge in [0.05, 0.1) is 18.8 Å². The Bertz CT molecular complexity index is 1070. The molecule has 172 valence electrons. The molecular formula is C23H23ClN4O5. The van der Waals surface area contributed by atoms with Crippen LogP contribution < -0.4 is 15.5 Å². The summed E-state index contributed by atoms with van der Waals surface area (Å²) in [6.45, 7) is 1.38. The molecule has 1 aliphatic carbocycles. The van der Waals surface area contributed by atoms with Crippen LogP contribution in [0.25, 0.3) is 0 Å². The van der Waals surface area contributed by atoms with Gasteiger partial charge in [0.25, 0.3) is 11.8 Å². The van der Waals surface area contributed by atoms with Crippen LogP contribution in [0.3, 0.4) is 0 Å². The van der Waals surface area contributed by atoms with Gasteiger partial charge in [0.15, 0.2) is 0 Å². The van der Waals surface area contributed by atoms with E-state index in [1.807, 2.05) is 0 Å². The van der Waals surface area contributed by atoms with E-state index in [0.29, 0.717) is 36.1 Å². The van der Waals surface area contributed by atoms with Crippen molar-refractivity contribution in [2.75, 3.05) is 41.8 Å². The zero-order valence-electron chi connectivity index (χ0n) is 17.8. The van der Waals surface area contributed by atoms with E-state index in [4.69, 9.17) is 21.1 Å². The summed E-state index contributed by atoms with van der Waals surface area (Å²) in [5.41, 5.74) is 1.41. The molecule has 1 spiro atoms. The Balaban J connectivity index is 1.26. The summed E-state index contributed by atoms with van der Waals surface area (Å²) in [6.07, 6.45) is 0.577. The number of anilines is 3. The molecule has 4 amide bonds. The Kier molecular flexibility index (Phi) is 5.69. The maximum Gasteiger partial charge on any atom is 0.324 e. The molecule has 3 fully saturated rings. The quantitative estimate of drug-likeness (QED) is 0.715. The first-order valence-corrected chi connectivity index (χ1v) is 11.1. The minimum absolute atomic E-state index is 0.0627. The second kappa shape index (κ2) is 8.66. The third-order valence-electron chi connectivity index (χ3n) is 5.92. The zero-order chi connectivity index (χ0) is 23.0. The Labute approximate surface area is 195 Å². The number of benzene rings is 2. The van der Waals surface area contributed by atoms with Crippen LogP contribution in [-0.2, 0) is 19.1 Å². The summed E-state index contributed by atoms with van der Waals surface area (Å²) in [5.74, 6) is -0.533. The number of rotatable bonds is 4. The molecule has 0 radical (unpaired) electrons. The van der Waals surface area contributed by atoms with Gasteiger partial charge < -0.3 is 25.0 Å². The predicted molar refractivity (Wildman–Crippen MR) is 122 cm³/mol. The number of amides is 4. The van der Waals surface area contributed by atoms with Crippen LogP contribution in [0.4, 0.5) is 21.9 Å². The summed E-state index contributed by atoms with van der Waals surface area (Å²) < 4.78 is 11.1. The van der Waals surface area contributed by atoms with E-state index >= 15 is 0 Å². The molecular weight excluding hydrogens is 448 g/mol. The summed E-state index contributed by atoms with van der Waals surface area (Å²) in [5, 5.41) is 6.18. The van der Waals surface area contributed by atoms with Crippen LogP contribution in [0.1, 0.15) is 12.8 Å². The first-order chi connectivity index (χ1) is 15.9. The van der Waals surface area contributed by atoms with Gasteiger partial charge in [-0.2, -0.15) is 0 Å². The number of nitrogens with zero attached hydrogens (tertiary/aromatic N) is 2. The Hall–Kier alpha value is -3.14. The molecule has 2 aromatic carbocycles. The van der Waals surface area contributed by atoms with Crippen LogP contribution in [0.15, 0.2) is 48.5 Å². The van der Waals surface area contributed by atoms with Gasteiger partial charge in [0.1, 0.15) is 6.61 Å². The van der Waals surface area contributed by atoms with Crippen molar-refractivity contribution in [3.63, 3.8) is 0 Å². The Morgan fingerprint density at radius 2 is 1.67 bits per heavy atom. The second-order valence-electron chi connectivity index (χ2n) is 8.35. The lowest BCUT2D eigenvalue weighted by atomic mass is 10.2. The summed E-state index contributed by atoms with van der Waals surface area (Å²) in [7, 11) is 0. The number of urea groups is 1. The standard InChI is InChI=1S/C23H23ClN4O5/c24-15-1-3-17(4-2-15)26-22(31)28-14-23(9-10-23)33-21(28)20(30)25-16-5-7-18(8-6-16)27-11-12-32-13-19(27)29/h1-8,21H,9-14H2,(H,25,30)(H,26,31). The van der Waals surface area contributed by atoms with Gasteiger partial charge in [0.2, 0.25) is 6.23 Å². The second-order valence-corrected chi connectivity index (χ2v) is 8.79. The molecule has 0 aromatic heterocycles. The first-order valence-electron chi connectivity index (χ1n) is 10.7. The number of nitrogens with one attached hydrogen (secondary N) is 2. The van der Waals surface area contributed by atoms with Crippen LogP contribution in [0.5, 0.6) is 0 Å². The molecule has 2 saturated heterocycles. The predicted octanol–water partition coefficient (Wildman–Crippen LogP) is 3.06. The molecule has 5 rings (SSSR count). The molecule has 2 aliphatic heterocycles. The lowest BCUT2D eigenvalue weighted by Gasteiger charge is -2.27. The van der Waals surface area contributed by atoms with Gasteiger partial charge in [-0.15, -0.1) is 0 Å². The third-order valence-corrected chi connectivity index (χ3v) is 6.18. The van der Waals surface area contributed by atoms with Crippen molar-refractivity contribution >= 4 is 46.5 Å². The van der Waals surface area contributed by atoms with E-state index in [0.717, 1.165) is 18.5 Å². The van der Waals surface area contributed by atoms with Crippen LogP contribution in [0.2, 0.25) is 5.02 Å². The fourth-order valence-corrected chi connectivity index (χ4v) is 4.09. The fraction of sp³-hybridized carbons (Fsp3) is 0.348. The first kappa shape index (κ1) is 21.7. The monoisotopic (exact) mass is 470 g/mol. The highest BCUT2D eigenvalue weighted by Crippen LogP contribution is 2.46. The largest absolute Gasteiger partial charge is 0.370 e. The highest BCUT2D eigenvalue weighted by molar-refractivity contribution is 6.30. The van der Waals surface area contributed by atoms with Crippen molar-refractivity contribution in [2.45, 2.75) is 24.7 Å². The average Bonchev–Trinajstić information content (AvgIpc) is 3.46. The maximum absolute atomic E-state index is 13.0. The summed E-state index contributed by atoms with van der Waals surface area (Å²) in [4.78, 5) is 41.0. The van der Waals surface area contributed by atoms with Crippen molar-refractivity contribution in [3.05, 3.63) is 53.6 Å². The van der Waals surface area contributed by atoms with Gasteiger partial charge in [-0.1, -0.05) is 11.6 Å². The SMILES string of the molecule is O=C(Nc1ccc(N2CCOCC2=O)cc1)C1OC2(CC2)CN1C(=O)Nc1ccc(Cl)cc1. The number of carbonyl (C=O) groups is 3. The van der Waals surface area contributed by atoms with Crippen molar-refractivity contribution < 1.29 is 23.9 Å². The molecule has 0 bridgehead atoms. The van der Waals surface area contributed by atoms with Crippen LogP contribution in [0, 0.1) is 0 Å². The number of carbonyl (C=O) groups excluding carboxylic acids is 3. The van der Waals surface area contributed by atoms with Crippen molar-refractivity contribution in [1.82, 2.24) is 4.90 Å². The number of morpholine rings is 1. The maximum atomic E-state index is 13.0. The number of hydrogen-bond acceptors (Lipinski definition) is 5. The van der Waals surface area contributed by atoms with Gasteiger partial charge >= 0.3 is 6.03 Å². The van der Waals surface area contributed by atoms with Crippen LogP contribution in [-0.4, -0.2) is 60.9 Å². The van der Waals surface area contributed by atoms with Gasteiger partial charge in [0, 0.05) is 28.6 Å². The number of hydrogen-bond donors (Lipinski definition) is 2. The molecule has 9 nitrogen and oxygen atoms in total. The lowest BCUT2D eigenvalue weighted by molar-refractivity contribution is -0.132. The highest BCUT2D eigenvalue weighted by Gasteiger charge is 2.57. The van der Waals surface area contributed by atoms with E-state index in [-0.39, 0.29) is 12.5 Å². The van der Waals surface area contributed by atoms with Gasteiger partial charge in [-0.05, 0) is 61.4 Å². The molecule has 1 atom stereocenters. The van der Waals surface area contributed by atoms with E-state index in [2.05, 4.69) is 10.6 Å². The molecule has 2 aromatic rings. The van der Waals surface area contributed by atoms with Gasteiger partial charge in [-0.3, -0.25) is 14.5 Å². The van der Waals surface area contributed by atoms with Crippen molar-refractivity contribution in [1.29, 1.82) is 0 Å². The van der Waals surface area contributed by atoms with Gasteiger partial charge in [-0.25, -0.2) is 4.79 Å². The van der Waals surface area contributed by atoms with Crippen molar-refractivity contribution in [3.8, 4) is 0 Å². The normalized spacial score (nSPS) is 21.2. The van der Waals surface area contributed by atoms with E-state index < -0.39 is 23.8 Å². The minimum Gasteiger partial charge on any atom is -0.370 e. The minimum atomic E-state index is -1.04. The topological polar surface area (TPSA) is 100 Å². The molecule has 1 saturated carbocycles. The van der Waals surface area contributed by atoms with E-state index in [1.165, 1.54) is 4.90 Å². The number of ether oxygens (including phenoxy) is 2. The Morgan fingerprint density at radius 3 is 2.33 bits per heavy atom. The lowest BCUT2D eigenvalue weighted by Crippen LogP contribution is -2.45. The molecule has 2 heterocycles. The van der Waals surface area contributed by atoms with E-state index in [9.17, 15) is 14.4 Å². The smallest absolute Gasteiger partial charge is 0.324 e. The molecule has 3 aliphatic rings. The summed E-state index contributed by atoms with van der Waals surface area (Å²) >= 11 is 5.90. The molecule has 10 heteroatoms. The fourth-order valence-electron chi connectivity index (χ4n) is 3.97. The third kappa shape index (κ3) is 4.66.